The number of rotatable bonds is 5. The molecule has 9 heteroatoms. The molecular formula is C17H23N3O5S. The third kappa shape index (κ3) is 4.16. The van der Waals surface area contributed by atoms with Crippen LogP contribution in [0.1, 0.15) is 30.1 Å². The summed E-state index contributed by atoms with van der Waals surface area (Å²) in [6.45, 7) is 2.96. The van der Waals surface area contributed by atoms with Crippen molar-refractivity contribution in [1.82, 2.24) is 14.5 Å². The van der Waals surface area contributed by atoms with Crippen molar-refractivity contribution in [3.05, 3.63) is 29.8 Å². The number of carbonyl (C=O) groups is 2. The van der Waals surface area contributed by atoms with Gasteiger partial charge in [-0.3, -0.25) is 4.79 Å². The van der Waals surface area contributed by atoms with E-state index in [0.29, 0.717) is 5.56 Å². The first-order valence-electron chi connectivity index (χ1n) is 8.74. The number of carbonyl (C=O) groups excluding carboxylic acids is 2. The molecule has 8 nitrogen and oxygen atoms in total. The van der Waals surface area contributed by atoms with Gasteiger partial charge in [0.25, 0.3) is 5.91 Å². The third-order valence-corrected chi connectivity index (χ3v) is 6.31. The second-order valence-electron chi connectivity index (χ2n) is 6.37. The smallest absolute Gasteiger partial charge is 0.409 e. The minimum absolute atomic E-state index is 0.0885. The molecule has 1 aromatic carbocycles. The van der Waals surface area contributed by atoms with Crippen LogP contribution in [0, 0.1) is 0 Å². The van der Waals surface area contributed by atoms with E-state index >= 15 is 0 Å². The zero-order valence-corrected chi connectivity index (χ0v) is 15.5. The summed E-state index contributed by atoms with van der Waals surface area (Å²) in [6, 6.07) is 6.28. The topological polar surface area (TPSA) is 96.0 Å². The molecule has 2 fully saturated rings. The largest absolute Gasteiger partial charge is 0.450 e. The Morgan fingerprint density at radius 3 is 2.50 bits per heavy atom. The summed E-state index contributed by atoms with van der Waals surface area (Å²) < 4.78 is 32.0. The van der Waals surface area contributed by atoms with Gasteiger partial charge >= 0.3 is 6.09 Å². The lowest BCUT2D eigenvalue weighted by Crippen LogP contribution is -2.50. The lowest BCUT2D eigenvalue weighted by molar-refractivity contribution is 0.0930. The minimum atomic E-state index is -3.72. The van der Waals surface area contributed by atoms with Gasteiger partial charge < -0.3 is 15.0 Å². The maximum atomic E-state index is 12.9. The minimum Gasteiger partial charge on any atom is -0.450 e. The number of nitrogens with zero attached hydrogens (tertiary/aromatic N) is 2. The average molecular weight is 381 g/mol. The quantitative estimate of drug-likeness (QED) is 0.822. The van der Waals surface area contributed by atoms with Crippen molar-refractivity contribution in [2.75, 3.05) is 32.8 Å². The summed E-state index contributed by atoms with van der Waals surface area (Å²) in [6.07, 6.45) is 1.51. The van der Waals surface area contributed by atoms with Gasteiger partial charge in [-0.25, -0.2) is 13.2 Å². The van der Waals surface area contributed by atoms with Gasteiger partial charge in [0.05, 0.1) is 11.5 Å². The molecule has 1 aliphatic carbocycles. The summed E-state index contributed by atoms with van der Waals surface area (Å²) in [5.74, 6) is -0.253. The van der Waals surface area contributed by atoms with Gasteiger partial charge in [-0.2, -0.15) is 4.31 Å². The third-order valence-electron chi connectivity index (χ3n) is 4.41. The van der Waals surface area contributed by atoms with Crippen LogP contribution in [0.25, 0.3) is 0 Å². The molecule has 0 radical (unpaired) electrons. The Labute approximate surface area is 153 Å². The number of piperazine rings is 1. The van der Waals surface area contributed by atoms with Gasteiger partial charge in [-0.05, 0) is 38.0 Å². The molecular weight excluding hydrogens is 358 g/mol. The molecule has 142 valence electrons. The van der Waals surface area contributed by atoms with E-state index in [9.17, 15) is 18.0 Å². The van der Waals surface area contributed by atoms with Crippen LogP contribution in [0.15, 0.2) is 29.2 Å². The highest BCUT2D eigenvalue weighted by molar-refractivity contribution is 7.89. The first-order chi connectivity index (χ1) is 12.4. The number of hydrogen-bond acceptors (Lipinski definition) is 5. The highest BCUT2D eigenvalue weighted by atomic mass is 32.2. The predicted molar refractivity (Wildman–Crippen MR) is 94.3 cm³/mol. The maximum absolute atomic E-state index is 12.9. The fourth-order valence-corrected chi connectivity index (χ4v) is 4.24. The first kappa shape index (κ1) is 18.7. The Hall–Kier alpha value is -2.13. The van der Waals surface area contributed by atoms with Crippen molar-refractivity contribution >= 4 is 22.0 Å². The summed E-state index contributed by atoms with van der Waals surface area (Å²) >= 11 is 0. The molecule has 0 atom stereocenters. The average Bonchev–Trinajstić information content (AvgIpc) is 3.46. The molecule has 1 saturated carbocycles. The van der Waals surface area contributed by atoms with Crippen LogP contribution in [-0.2, 0) is 14.8 Å². The van der Waals surface area contributed by atoms with Crippen LogP contribution in [0.5, 0.6) is 0 Å². The molecule has 1 heterocycles. The number of amides is 2. The molecule has 3 rings (SSSR count). The van der Waals surface area contributed by atoms with E-state index in [1.165, 1.54) is 21.3 Å². The fourth-order valence-electron chi connectivity index (χ4n) is 2.77. The standard InChI is InChI=1S/C17H23N3O5S/c1-2-25-17(22)19-8-10-20(11-9-19)26(23,24)15-5-3-4-13(12-15)16(21)18-14-6-7-14/h3-5,12,14H,2,6-11H2,1H3,(H,18,21). The van der Waals surface area contributed by atoms with Crippen LogP contribution < -0.4 is 5.32 Å². The summed E-state index contributed by atoms with van der Waals surface area (Å²) in [5.41, 5.74) is 0.336. The SMILES string of the molecule is CCOC(=O)N1CCN(S(=O)(=O)c2cccc(C(=O)NC3CC3)c2)CC1. The molecule has 1 aliphatic heterocycles. The van der Waals surface area contributed by atoms with E-state index in [1.807, 2.05) is 0 Å². The van der Waals surface area contributed by atoms with Crippen molar-refractivity contribution < 1.29 is 22.7 Å². The van der Waals surface area contributed by atoms with Crippen molar-refractivity contribution in [3.8, 4) is 0 Å². The summed E-state index contributed by atoms with van der Waals surface area (Å²) in [7, 11) is -3.72. The van der Waals surface area contributed by atoms with Crippen LogP contribution >= 0.6 is 0 Å². The van der Waals surface area contributed by atoms with Crippen LogP contribution in [0.4, 0.5) is 4.79 Å². The lowest BCUT2D eigenvalue weighted by atomic mass is 10.2. The number of benzene rings is 1. The van der Waals surface area contributed by atoms with Crippen molar-refractivity contribution in [3.63, 3.8) is 0 Å². The molecule has 0 unspecified atom stereocenters. The van der Waals surface area contributed by atoms with E-state index < -0.39 is 16.1 Å². The first-order valence-corrected chi connectivity index (χ1v) is 10.2. The molecule has 1 saturated heterocycles. The predicted octanol–water partition coefficient (Wildman–Crippen LogP) is 1.04. The van der Waals surface area contributed by atoms with Gasteiger partial charge in [0, 0.05) is 37.8 Å². The molecule has 0 aromatic heterocycles. The van der Waals surface area contributed by atoms with E-state index in [0.717, 1.165) is 12.8 Å². The molecule has 2 amide bonds. The van der Waals surface area contributed by atoms with Crippen LogP contribution in [0.2, 0.25) is 0 Å². The Morgan fingerprint density at radius 1 is 1.19 bits per heavy atom. The molecule has 26 heavy (non-hydrogen) atoms. The highest BCUT2D eigenvalue weighted by Gasteiger charge is 2.31. The Bertz CT molecular complexity index is 783. The Balaban J connectivity index is 1.68. The summed E-state index contributed by atoms with van der Waals surface area (Å²) in [4.78, 5) is 25.5. The lowest BCUT2D eigenvalue weighted by Gasteiger charge is -2.33. The number of ether oxygens (including phenoxy) is 1. The maximum Gasteiger partial charge on any atom is 0.409 e. The van der Waals surface area contributed by atoms with Gasteiger partial charge in [-0.1, -0.05) is 6.07 Å². The highest BCUT2D eigenvalue weighted by Crippen LogP contribution is 2.22. The second-order valence-corrected chi connectivity index (χ2v) is 8.30. The Kier molecular flexibility index (Phi) is 5.47. The molecule has 0 spiro atoms. The molecule has 1 aromatic rings. The van der Waals surface area contributed by atoms with E-state index in [1.54, 1.807) is 19.1 Å². The Morgan fingerprint density at radius 2 is 1.88 bits per heavy atom. The van der Waals surface area contributed by atoms with Gasteiger partial charge in [-0.15, -0.1) is 0 Å². The fraction of sp³-hybridized carbons (Fsp3) is 0.529. The van der Waals surface area contributed by atoms with Gasteiger partial charge in [0.2, 0.25) is 10.0 Å². The molecule has 2 aliphatic rings. The number of nitrogens with one attached hydrogen (secondary N) is 1. The van der Waals surface area contributed by atoms with Crippen LogP contribution in [-0.4, -0.2) is 68.5 Å². The molecule has 0 bridgehead atoms. The second kappa shape index (κ2) is 7.63. The monoisotopic (exact) mass is 381 g/mol. The van der Waals surface area contributed by atoms with Crippen molar-refractivity contribution in [2.24, 2.45) is 0 Å². The van der Waals surface area contributed by atoms with Gasteiger partial charge in [0.15, 0.2) is 0 Å². The zero-order valence-electron chi connectivity index (χ0n) is 14.7. The van der Waals surface area contributed by atoms with Crippen molar-refractivity contribution in [2.45, 2.75) is 30.7 Å². The summed E-state index contributed by atoms with van der Waals surface area (Å²) in [5, 5.41) is 2.85. The van der Waals surface area contributed by atoms with Crippen LogP contribution in [0.3, 0.4) is 0 Å². The van der Waals surface area contributed by atoms with Gasteiger partial charge in [0.1, 0.15) is 0 Å². The van der Waals surface area contributed by atoms with E-state index in [2.05, 4.69) is 5.32 Å². The van der Waals surface area contributed by atoms with Crippen molar-refractivity contribution in [1.29, 1.82) is 0 Å². The number of hydrogen-bond donors (Lipinski definition) is 1. The van der Waals surface area contributed by atoms with E-state index in [4.69, 9.17) is 4.74 Å². The zero-order chi connectivity index (χ0) is 18.7. The van der Waals surface area contributed by atoms with E-state index in [-0.39, 0.29) is 49.6 Å². The number of sulfonamides is 1. The normalized spacial score (nSPS) is 18.4. The molecule has 1 N–H and O–H groups in total.